The first-order chi connectivity index (χ1) is 18.1. The van der Waals surface area contributed by atoms with Gasteiger partial charge >= 0.3 is 0 Å². The van der Waals surface area contributed by atoms with Crippen LogP contribution in [0, 0.1) is 5.92 Å². The molecule has 6 nitrogen and oxygen atoms in total. The zero-order valence-electron chi connectivity index (χ0n) is 21.2. The van der Waals surface area contributed by atoms with E-state index in [0.717, 1.165) is 23.2 Å². The summed E-state index contributed by atoms with van der Waals surface area (Å²) in [4.78, 5) is 14.4. The molecule has 3 aromatic carbocycles. The zero-order valence-corrected chi connectivity index (χ0v) is 23.5. The largest absolute Gasteiger partial charge is 0.392 e. The first-order valence-electron chi connectivity index (χ1n) is 12.3. The van der Waals surface area contributed by atoms with E-state index in [0.29, 0.717) is 12.2 Å². The van der Waals surface area contributed by atoms with Gasteiger partial charge in [0.1, 0.15) is 0 Å². The van der Waals surface area contributed by atoms with Crippen molar-refractivity contribution in [3.05, 3.63) is 101 Å². The Balaban J connectivity index is 1.58. The molecule has 4 unspecified atom stereocenters. The van der Waals surface area contributed by atoms with Crippen molar-refractivity contribution in [2.75, 3.05) is 18.9 Å². The van der Waals surface area contributed by atoms with Crippen LogP contribution in [0.25, 0.3) is 0 Å². The molecule has 0 aromatic heterocycles. The number of aliphatic hydroxyl groups is 1. The number of likely N-dealkylation sites (N-methyl/N-ethyl adjacent to an activating group) is 1. The van der Waals surface area contributed by atoms with Gasteiger partial charge in [0.15, 0.2) is 6.29 Å². The van der Waals surface area contributed by atoms with Crippen LogP contribution in [0.2, 0.25) is 0 Å². The molecule has 0 aliphatic carbocycles. The standard InChI is InChI=1S/C29H31Cl3N2O4/c1-19-25(17-34(2)16-20-7-4-3-5-8-20)37-27(38-26(19)22-13-11-21(18-35)12-14-22)23-9-6-10-24(15-23)33-28(36)29(30,31)32/h3-15,19,25-27,35H,16-18H2,1-2H3,(H,33,36). The fourth-order valence-electron chi connectivity index (χ4n) is 4.56. The molecule has 1 aliphatic rings. The Bertz CT molecular complexity index is 1200. The lowest BCUT2D eigenvalue weighted by molar-refractivity contribution is -0.276. The van der Waals surface area contributed by atoms with Crippen LogP contribution in [0.15, 0.2) is 78.9 Å². The van der Waals surface area contributed by atoms with Crippen molar-refractivity contribution in [2.24, 2.45) is 5.92 Å². The lowest BCUT2D eigenvalue weighted by Gasteiger charge is -2.42. The molecule has 4 atom stereocenters. The lowest BCUT2D eigenvalue weighted by Crippen LogP contribution is -2.43. The quantitative estimate of drug-likeness (QED) is 0.303. The van der Waals surface area contributed by atoms with Crippen molar-refractivity contribution >= 4 is 46.4 Å². The minimum Gasteiger partial charge on any atom is -0.392 e. The van der Waals surface area contributed by atoms with Gasteiger partial charge in [0.2, 0.25) is 0 Å². The number of carbonyl (C=O) groups is 1. The maximum atomic E-state index is 12.2. The number of rotatable bonds is 8. The number of nitrogens with one attached hydrogen (secondary N) is 1. The normalized spacial score (nSPS) is 21.9. The summed E-state index contributed by atoms with van der Waals surface area (Å²) in [7, 11) is 2.07. The second-order valence-corrected chi connectivity index (χ2v) is 11.9. The summed E-state index contributed by atoms with van der Waals surface area (Å²) >= 11 is 17.2. The Labute approximate surface area is 238 Å². The molecular formula is C29H31Cl3N2O4. The molecule has 202 valence electrons. The predicted molar refractivity (Wildman–Crippen MR) is 151 cm³/mol. The van der Waals surface area contributed by atoms with Gasteiger partial charge in [0.05, 0.1) is 18.8 Å². The molecule has 1 fully saturated rings. The number of alkyl halides is 3. The van der Waals surface area contributed by atoms with Gasteiger partial charge in [0, 0.05) is 30.3 Å². The number of anilines is 1. The van der Waals surface area contributed by atoms with Crippen LogP contribution >= 0.6 is 34.8 Å². The van der Waals surface area contributed by atoms with E-state index >= 15 is 0 Å². The van der Waals surface area contributed by atoms with Crippen molar-refractivity contribution < 1.29 is 19.4 Å². The molecule has 0 radical (unpaired) electrons. The Morgan fingerprint density at radius 1 is 0.947 bits per heavy atom. The molecule has 0 bridgehead atoms. The summed E-state index contributed by atoms with van der Waals surface area (Å²) in [5.41, 5.74) is 4.25. The second-order valence-electron chi connectivity index (χ2n) is 9.58. The minimum absolute atomic E-state index is 0.0211. The predicted octanol–water partition coefficient (Wildman–Crippen LogP) is 6.41. The van der Waals surface area contributed by atoms with Crippen LogP contribution in [-0.4, -0.2) is 39.4 Å². The highest BCUT2D eigenvalue weighted by molar-refractivity contribution is 6.76. The highest BCUT2D eigenvalue weighted by atomic mass is 35.6. The molecule has 0 spiro atoms. The van der Waals surface area contributed by atoms with Crippen molar-refractivity contribution in [1.29, 1.82) is 0 Å². The van der Waals surface area contributed by atoms with Gasteiger partial charge in [-0.2, -0.15) is 0 Å². The van der Waals surface area contributed by atoms with Gasteiger partial charge in [-0.15, -0.1) is 0 Å². The van der Waals surface area contributed by atoms with E-state index in [9.17, 15) is 9.90 Å². The highest BCUT2D eigenvalue weighted by Crippen LogP contribution is 2.42. The molecule has 3 aromatic rings. The van der Waals surface area contributed by atoms with E-state index < -0.39 is 16.0 Å². The second kappa shape index (κ2) is 12.8. The average molecular weight is 578 g/mol. The number of aliphatic hydroxyl groups excluding tert-OH is 1. The van der Waals surface area contributed by atoms with Gasteiger partial charge in [-0.3, -0.25) is 9.69 Å². The molecular weight excluding hydrogens is 547 g/mol. The first-order valence-corrected chi connectivity index (χ1v) is 13.5. The van der Waals surface area contributed by atoms with Crippen molar-refractivity contribution in [2.45, 2.75) is 42.4 Å². The topological polar surface area (TPSA) is 71.0 Å². The highest BCUT2D eigenvalue weighted by Gasteiger charge is 2.39. The summed E-state index contributed by atoms with van der Waals surface area (Å²) in [6.07, 6.45) is -1.09. The summed E-state index contributed by atoms with van der Waals surface area (Å²) in [6.45, 7) is 3.57. The number of benzene rings is 3. The van der Waals surface area contributed by atoms with Crippen LogP contribution in [-0.2, 0) is 27.4 Å². The smallest absolute Gasteiger partial charge is 0.276 e. The lowest BCUT2D eigenvalue weighted by atomic mass is 9.90. The molecule has 4 rings (SSSR count). The van der Waals surface area contributed by atoms with E-state index in [1.54, 1.807) is 18.2 Å². The zero-order chi connectivity index (χ0) is 27.3. The fraction of sp³-hybridized carbons (Fsp3) is 0.345. The number of hydrogen-bond donors (Lipinski definition) is 2. The molecule has 1 amide bonds. The monoisotopic (exact) mass is 576 g/mol. The number of ether oxygens (including phenoxy) is 2. The third-order valence-electron chi connectivity index (χ3n) is 6.58. The number of hydrogen-bond acceptors (Lipinski definition) is 5. The minimum atomic E-state index is -2.08. The first kappa shape index (κ1) is 28.8. The average Bonchev–Trinajstić information content (AvgIpc) is 2.90. The summed E-state index contributed by atoms with van der Waals surface area (Å²) < 4.78 is 10.9. The summed E-state index contributed by atoms with van der Waals surface area (Å²) in [5.74, 6) is -0.710. The molecule has 38 heavy (non-hydrogen) atoms. The van der Waals surface area contributed by atoms with Crippen LogP contribution in [0.1, 0.15) is 41.6 Å². The fourth-order valence-corrected chi connectivity index (χ4v) is 4.70. The molecule has 1 aliphatic heterocycles. The van der Waals surface area contributed by atoms with Gasteiger partial charge in [0.25, 0.3) is 9.70 Å². The van der Waals surface area contributed by atoms with E-state index in [2.05, 4.69) is 36.3 Å². The van der Waals surface area contributed by atoms with Crippen molar-refractivity contribution in [3.8, 4) is 0 Å². The maximum absolute atomic E-state index is 12.2. The van der Waals surface area contributed by atoms with Gasteiger partial charge in [-0.25, -0.2) is 0 Å². The number of amides is 1. The van der Waals surface area contributed by atoms with Gasteiger partial charge in [-0.05, 0) is 35.9 Å². The molecule has 1 saturated heterocycles. The Morgan fingerprint density at radius 2 is 1.66 bits per heavy atom. The van der Waals surface area contributed by atoms with Crippen LogP contribution < -0.4 is 5.32 Å². The molecule has 9 heteroatoms. The van der Waals surface area contributed by atoms with Crippen molar-refractivity contribution in [1.82, 2.24) is 4.90 Å². The van der Waals surface area contributed by atoms with E-state index in [1.807, 2.05) is 48.5 Å². The number of nitrogens with zero attached hydrogens (tertiary/aromatic N) is 1. The Morgan fingerprint density at radius 3 is 2.32 bits per heavy atom. The van der Waals surface area contributed by atoms with Crippen LogP contribution in [0.5, 0.6) is 0 Å². The van der Waals surface area contributed by atoms with Crippen LogP contribution in [0.3, 0.4) is 0 Å². The Kier molecular flexibility index (Phi) is 9.71. The molecule has 2 N–H and O–H groups in total. The maximum Gasteiger partial charge on any atom is 0.276 e. The Hall–Kier alpha value is -2.16. The van der Waals surface area contributed by atoms with Crippen molar-refractivity contribution in [3.63, 3.8) is 0 Å². The van der Waals surface area contributed by atoms with Gasteiger partial charge < -0.3 is 19.9 Å². The SMILES string of the molecule is CC1C(CN(C)Cc2ccccc2)OC(c2cccc(NC(=O)C(Cl)(Cl)Cl)c2)OC1c1ccc(CO)cc1. The summed E-state index contributed by atoms with van der Waals surface area (Å²) in [6, 6.07) is 25.2. The molecule has 1 heterocycles. The van der Waals surface area contributed by atoms with E-state index in [1.165, 1.54) is 5.56 Å². The number of halogens is 3. The summed E-state index contributed by atoms with van der Waals surface area (Å²) in [5, 5.41) is 12.1. The van der Waals surface area contributed by atoms with E-state index in [4.69, 9.17) is 44.3 Å². The third-order valence-corrected chi connectivity index (χ3v) is 7.10. The molecule has 0 saturated carbocycles. The van der Waals surface area contributed by atoms with E-state index in [-0.39, 0.29) is 24.7 Å². The third kappa shape index (κ3) is 7.48. The number of carbonyl (C=O) groups excluding carboxylic acids is 1. The van der Waals surface area contributed by atoms with Crippen LogP contribution in [0.4, 0.5) is 5.69 Å². The van der Waals surface area contributed by atoms with Gasteiger partial charge in [-0.1, -0.05) is 108 Å².